The average Bonchev–Trinajstić information content (AvgIpc) is 2.38. The van der Waals surface area contributed by atoms with Crippen LogP contribution in [0, 0.1) is 0 Å². The minimum atomic E-state index is -0.755. The Morgan fingerprint density at radius 3 is 2.50 bits per heavy atom. The SMILES string of the molecule is COCCN(C)C1=C(O)C(=O)NC1=O. The molecule has 0 atom stereocenters. The van der Waals surface area contributed by atoms with Crippen LogP contribution >= 0.6 is 0 Å². The van der Waals surface area contributed by atoms with Crippen molar-refractivity contribution in [2.24, 2.45) is 0 Å². The van der Waals surface area contributed by atoms with Gasteiger partial charge in [0.25, 0.3) is 11.8 Å². The quantitative estimate of drug-likeness (QED) is 0.568. The van der Waals surface area contributed by atoms with Crippen LogP contribution in [0.1, 0.15) is 0 Å². The van der Waals surface area contributed by atoms with Gasteiger partial charge in [0.05, 0.1) is 6.61 Å². The number of carbonyl (C=O) groups is 2. The van der Waals surface area contributed by atoms with Crippen LogP contribution in [-0.2, 0) is 14.3 Å². The monoisotopic (exact) mass is 200 g/mol. The van der Waals surface area contributed by atoms with Crippen molar-refractivity contribution >= 4 is 11.8 Å². The molecule has 1 aliphatic rings. The van der Waals surface area contributed by atoms with Gasteiger partial charge in [-0.15, -0.1) is 0 Å². The van der Waals surface area contributed by atoms with E-state index >= 15 is 0 Å². The number of nitrogens with zero attached hydrogens (tertiary/aromatic N) is 1. The van der Waals surface area contributed by atoms with Crippen LogP contribution in [0.5, 0.6) is 0 Å². The van der Waals surface area contributed by atoms with E-state index in [-0.39, 0.29) is 5.70 Å². The second-order valence-corrected chi connectivity index (χ2v) is 2.89. The number of carbonyl (C=O) groups excluding carboxylic acids is 2. The van der Waals surface area contributed by atoms with E-state index in [4.69, 9.17) is 4.74 Å². The van der Waals surface area contributed by atoms with E-state index in [1.165, 1.54) is 12.0 Å². The lowest BCUT2D eigenvalue weighted by Gasteiger charge is -2.17. The first-order valence-corrected chi connectivity index (χ1v) is 4.07. The van der Waals surface area contributed by atoms with Gasteiger partial charge in [-0.2, -0.15) is 0 Å². The number of aliphatic hydroxyl groups excluding tert-OH is 1. The Balaban J connectivity index is 2.75. The van der Waals surface area contributed by atoms with Crippen molar-refractivity contribution in [3.8, 4) is 0 Å². The lowest BCUT2D eigenvalue weighted by molar-refractivity contribution is -0.125. The van der Waals surface area contributed by atoms with Crippen molar-refractivity contribution in [2.45, 2.75) is 0 Å². The summed E-state index contributed by atoms with van der Waals surface area (Å²) in [4.78, 5) is 23.5. The zero-order valence-corrected chi connectivity index (χ0v) is 8.03. The summed E-state index contributed by atoms with van der Waals surface area (Å²) in [5.41, 5.74) is -0.00736. The molecule has 0 aromatic heterocycles. The topological polar surface area (TPSA) is 78.9 Å². The fourth-order valence-corrected chi connectivity index (χ4v) is 1.13. The molecule has 0 aromatic rings. The van der Waals surface area contributed by atoms with Crippen molar-refractivity contribution in [2.75, 3.05) is 27.3 Å². The molecule has 2 amide bonds. The molecule has 1 heterocycles. The predicted molar refractivity (Wildman–Crippen MR) is 47.3 cm³/mol. The van der Waals surface area contributed by atoms with E-state index in [2.05, 4.69) is 0 Å². The third kappa shape index (κ3) is 1.85. The smallest absolute Gasteiger partial charge is 0.295 e. The standard InChI is InChI=1S/C8H12N2O4/c1-10(3-4-14-2)5-6(11)8(13)9-7(5)12/h3-4H2,1-2H3,(H2,9,11,12,13). The van der Waals surface area contributed by atoms with Crippen molar-refractivity contribution < 1.29 is 19.4 Å². The van der Waals surface area contributed by atoms with Gasteiger partial charge in [0, 0.05) is 20.7 Å². The van der Waals surface area contributed by atoms with Gasteiger partial charge in [-0.1, -0.05) is 0 Å². The summed E-state index contributed by atoms with van der Waals surface area (Å²) in [5, 5.41) is 11.3. The Morgan fingerprint density at radius 1 is 1.43 bits per heavy atom. The Morgan fingerprint density at radius 2 is 2.07 bits per heavy atom. The maximum absolute atomic E-state index is 11.2. The van der Waals surface area contributed by atoms with Gasteiger partial charge in [-0.25, -0.2) is 0 Å². The third-order valence-electron chi connectivity index (χ3n) is 1.89. The summed E-state index contributed by atoms with van der Waals surface area (Å²) < 4.78 is 4.81. The highest BCUT2D eigenvalue weighted by molar-refractivity contribution is 6.17. The fraction of sp³-hybridized carbons (Fsp3) is 0.500. The molecule has 0 aliphatic carbocycles. The summed E-state index contributed by atoms with van der Waals surface area (Å²) in [6.45, 7) is 0.839. The number of rotatable bonds is 4. The maximum atomic E-state index is 11.2. The number of imide groups is 1. The molecule has 0 saturated carbocycles. The first-order valence-electron chi connectivity index (χ1n) is 4.07. The summed E-state index contributed by atoms with van der Waals surface area (Å²) in [6.07, 6.45) is 0. The Hall–Kier alpha value is -1.56. The van der Waals surface area contributed by atoms with E-state index in [0.717, 1.165) is 0 Å². The first kappa shape index (κ1) is 10.5. The predicted octanol–water partition coefficient (Wildman–Crippen LogP) is -1.01. The number of hydrogen-bond donors (Lipinski definition) is 2. The molecule has 0 radical (unpaired) electrons. The van der Waals surface area contributed by atoms with Gasteiger partial charge in [-0.3, -0.25) is 14.9 Å². The molecule has 0 saturated heterocycles. The summed E-state index contributed by atoms with van der Waals surface area (Å²) in [6, 6.07) is 0. The van der Waals surface area contributed by atoms with Crippen LogP contribution in [0.3, 0.4) is 0 Å². The van der Waals surface area contributed by atoms with Crippen LogP contribution in [0.2, 0.25) is 0 Å². The molecule has 78 valence electrons. The fourth-order valence-electron chi connectivity index (χ4n) is 1.13. The normalized spacial score (nSPS) is 16.1. The summed E-state index contributed by atoms with van der Waals surface area (Å²) >= 11 is 0. The highest BCUT2D eigenvalue weighted by Gasteiger charge is 2.32. The number of likely N-dealkylation sites (N-methyl/N-ethyl adjacent to an activating group) is 1. The molecule has 6 nitrogen and oxygen atoms in total. The number of amides is 2. The second kappa shape index (κ2) is 4.10. The zero-order chi connectivity index (χ0) is 10.7. The lowest BCUT2D eigenvalue weighted by atomic mass is 10.3. The Kier molecular flexibility index (Phi) is 3.08. The van der Waals surface area contributed by atoms with Crippen LogP contribution in [0.25, 0.3) is 0 Å². The van der Waals surface area contributed by atoms with Crippen LogP contribution < -0.4 is 5.32 Å². The van der Waals surface area contributed by atoms with Crippen LogP contribution in [0.15, 0.2) is 11.5 Å². The summed E-state index contributed by atoms with van der Waals surface area (Å²) in [5.74, 6) is -1.87. The van der Waals surface area contributed by atoms with Gasteiger partial charge in [0.1, 0.15) is 0 Å². The molecule has 1 aliphatic heterocycles. The minimum absolute atomic E-state index is 0.00736. The number of ether oxygens (including phenoxy) is 1. The Labute approximate surface area is 81.1 Å². The molecular weight excluding hydrogens is 188 g/mol. The Bertz CT molecular complexity index is 298. The minimum Gasteiger partial charge on any atom is -0.501 e. The van der Waals surface area contributed by atoms with Crippen molar-refractivity contribution in [3.05, 3.63) is 11.5 Å². The van der Waals surface area contributed by atoms with Gasteiger partial charge < -0.3 is 14.7 Å². The van der Waals surface area contributed by atoms with Gasteiger partial charge >= 0.3 is 0 Å². The molecule has 0 fully saturated rings. The highest BCUT2D eigenvalue weighted by atomic mass is 16.5. The number of nitrogens with one attached hydrogen (secondary N) is 1. The van der Waals surface area contributed by atoms with Gasteiger partial charge in [-0.05, 0) is 0 Å². The van der Waals surface area contributed by atoms with Crippen molar-refractivity contribution in [1.29, 1.82) is 0 Å². The molecule has 0 bridgehead atoms. The maximum Gasteiger partial charge on any atom is 0.295 e. The van der Waals surface area contributed by atoms with Crippen molar-refractivity contribution in [1.82, 2.24) is 10.2 Å². The van der Waals surface area contributed by atoms with Crippen molar-refractivity contribution in [3.63, 3.8) is 0 Å². The highest BCUT2D eigenvalue weighted by Crippen LogP contribution is 2.12. The average molecular weight is 200 g/mol. The van der Waals surface area contributed by atoms with E-state index in [1.807, 2.05) is 5.32 Å². The van der Waals surface area contributed by atoms with E-state index < -0.39 is 17.6 Å². The molecule has 1 rings (SSSR count). The molecule has 6 heteroatoms. The molecule has 0 aromatic carbocycles. The van der Waals surface area contributed by atoms with E-state index in [1.54, 1.807) is 7.05 Å². The number of aliphatic hydroxyl groups is 1. The zero-order valence-electron chi connectivity index (χ0n) is 8.03. The molecule has 0 unspecified atom stereocenters. The third-order valence-corrected chi connectivity index (χ3v) is 1.89. The molecule has 0 spiro atoms. The summed E-state index contributed by atoms with van der Waals surface area (Å²) in [7, 11) is 3.13. The largest absolute Gasteiger partial charge is 0.501 e. The van der Waals surface area contributed by atoms with Crippen LogP contribution in [0.4, 0.5) is 0 Å². The lowest BCUT2D eigenvalue weighted by Crippen LogP contribution is -2.30. The second-order valence-electron chi connectivity index (χ2n) is 2.89. The van der Waals surface area contributed by atoms with Gasteiger partial charge in [0.2, 0.25) is 5.76 Å². The van der Waals surface area contributed by atoms with Gasteiger partial charge in [0.15, 0.2) is 5.70 Å². The number of methoxy groups -OCH3 is 1. The number of hydrogen-bond acceptors (Lipinski definition) is 5. The molecule has 2 N–H and O–H groups in total. The first-order chi connectivity index (χ1) is 6.57. The molecule has 14 heavy (non-hydrogen) atoms. The van der Waals surface area contributed by atoms with E-state index in [0.29, 0.717) is 13.2 Å². The van der Waals surface area contributed by atoms with E-state index in [9.17, 15) is 14.7 Å². The van der Waals surface area contributed by atoms with Crippen LogP contribution in [-0.4, -0.2) is 49.1 Å². The molecular formula is C8H12N2O4.